The summed E-state index contributed by atoms with van der Waals surface area (Å²) in [5.74, 6) is 0.571. The Morgan fingerprint density at radius 3 is 2.62 bits per heavy atom. The number of hydrogen-bond acceptors (Lipinski definition) is 4. The van der Waals surface area contributed by atoms with E-state index in [2.05, 4.69) is 26.7 Å². The van der Waals surface area contributed by atoms with Gasteiger partial charge < -0.3 is 10.1 Å². The maximum absolute atomic E-state index is 8.87. The largest absolute Gasteiger partial charge is 0.494 e. The van der Waals surface area contributed by atoms with Crippen molar-refractivity contribution in [2.24, 2.45) is 0 Å². The molecule has 0 fully saturated rings. The van der Waals surface area contributed by atoms with E-state index in [0.29, 0.717) is 11.4 Å². The summed E-state index contributed by atoms with van der Waals surface area (Å²) in [6.07, 6.45) is 0. The first-order valence-electron chi connectivity index (χ1n) is 3.68. The van der Waals surface area contributed by atoms with E-state index < -0.39 is 0 Å². The maximum Gasteiger partial charge on any atom is 0.147 e. The Morgan fingerprint density at radius 2 is 2.15 bits per heavy atom. The summed E-state index contributed by atoms with van der Waals surface area (Å²) < 4.78 is 5.95. The normalized spacial score (nSPS) is 9.54. The van der Waals surface area contributed by atoms with Crippen molar-refractivity contribution in [3.05, 3.63) is 16.6 Å². The van der Waals surface area contributed by atoms with Gasteiger partial charge >= 0.3 is 0 Å². The third-order valence-corrected chi connectivity index (χ3v) is 2.13. The molecule has 0 aliphatic carbocycles. The van der Waals surface area contributed by atoms with Crippen molar-refractivity contribution in [1.82, 2.24) is 0 Å². The number of rotatable bonds is 3. The van der Waals surface area contributed by atoms with Crippen LogP contribution in [0.25, 0.3) is 0 Å². The molecule has 0 atom stereocenters. The minimum absolute atomic E-state index is 0.521. The van der Waals surface area contributed by atoms with Crippen molar-refractivity contribution in [2.75, 3.05) is 25.0 Å². The second-order valence-corrected chi connectivity index (χ2v) is 3.31. The molecule has 0 spiro atoms. The first-order chi connectivity index (χ1) is 6.22. The molecular weight excluding hydrogens is 236 g/mol. The van der Waals surface area contributed by atoms with Gasteiger partial charge in [-0.2, -0.15) is 0 Å². The lowest BCUT2D eigenvalue weighted by atomic mass is 10.2. The van der Waals surface area contributed by atoms with Crippen molar-refractivity contribution in [2.45, 2.75) is 0 Å². The minimum Gasteiger partial charge on any atom is -0.494 e. The van der Waals surface area contributed by atoms with Crippen LogP contribution in [0.2, 0.25) is 0 Å². The highest BCUT2D eigenvalue weighted by Gasteiger charge is 2.08. The molecule has 4 nitrogen and oxygen atoms in total. The molecule has 0 radical (unpaired) electrons. The monoisotopic (exact) mass is 246 g/mol. The molecular formula is C8H11BrN2O2. The third kappa shape index (κ3) is 2.05. The molecule has 1 aromatic carbocycles. The zero-order valence-electron chi connectivity index (χ0n) is 7.39. The van der Waals surface area contributed by atoms with E-state index in [0.717, 1.165) is 10.2 Å². The summed E-state index contributed by atoms with van der Waals surface area (Å²) in [5, 5.41) is 11.8. The average Bonchev–Trinajstić information content (AvgIpc) is 2.16. The van der Waals surface area contributed by atoms with Crippen LogP contribution in [0.15, 0.2) is 16.6 Å². The highest BCUT2D eigenvalue weighted by molar-refractivity contribution is 9.10. The van der Waals surface area contributed by atoms with Crippen molar-refractivity contribution < 1.29 is 9.94 Å². The predicted octanol–water partition coefficient (Wildman–Crippen LogP) is 2.30. The molecule has 1 aromatic rings. The Morgan fingerprint density at radius 1 is 1.46 bits per heavy atom. The first kappa shape index (κ1) is 10.1. The van der Waals surface area contributed by atoms with Gasteiger partial charge in [0.05, 0.1) is 12.8 Å². The number of hydrogen-bond donors (Lipinski definition) is 3. The van der Waals surface area contributed by atoms with Crippen molar-refractivity contribution >= 4 is 27.3 Å². The van der Waals surface area contributed by atoms with Crippen LogP contribution in [0.5, 0.6) is 5.75 Å². The van der Waals surface area contributed by atoms with Crippen molar-refractivity contribution in [3.63, 3.8) is 0 Å². The Hall–Kier alpha value is -0.940. The molecule has 0 unspecified atom stereocenters. The fourth-order valence-electron chi connectivity index (χ4n) is 1.06. The van der Waals surface area contributed by atoms with Crippen LogP contribution in [0.1, 0.15) is 0 Å². The minimum atomic E-state index is 0.521. The summed E-state index contributed by atoms with van der Waals surface area (Å²) in [4.78, 5) is 0. The fourth-order valence-corrected chi connectivity index (χ4v) is 1.49. The summed E-state index contributed by atoms with van der Waals surface area (Å²) >= 11 is 3.33. The molecule has 72 valence electrons. The van der Waals surface area contributed by atoms with E-state index in [1.54, 1.807) is 20.2 Å². The van der Waals surface area contributed by atoms with Gasteiger partial charge in [0.25, 0.3) is 0 Å². The Bertz CT molecular complexity index is 279. The highest BCUT2D eigenvalue weighted by Crippen LogP contribution is 2.35. The highest BCUT2D eigenvalue weighted by atomic mass is 79.9. The fraction of sp³-hybridized carbons (Fsp3) is 0.250. The van der Waals surface area contributed by atoms with Gasteiger partial charge in [0, 0.05) is 11.5 Å². The molecule has 0 aliphatic heterocycles. The van der Waals surface area contributed by atoms with Gasteiger partial charge in [-0.15, -0.1) is 0 Å². The Kier molecular flexibility index (Phi) is 3.39. The van der Waals surface area contributed by atoms with Gasteiger partial charge in [-0.3, -0.25) is 10.7 Å². The second-order valence-electron chi connectivity index (χ2n) is 2.39. The summed E-state index contributed by atoms with van der Waals surface area (Å²) in [6, 6.07) is 3.60. The van der Waals surface area contributed by atoms with E-state index in [4.69, 9.17) is 9.94 Å². The SMILES string of the molecule is CNc1cc(Br)cc(OC)c1NO. The molecule has 5 heteroatoms. The lowest BCUT2D eigenvalue weighted by molar-refractivity contribution is 0.374. The molecule has 0 aliphatic rings. The lowest BCUT2D eigenvalue weighted by Gasteiger charge is -2.12. The molecule has 0 bridgehead atoms. The predicted molar refractivity (Wildman–Crippen MR) is 55.6 cm³/mol. The van der Waals surface area contributed by atoms with Gasteiger partial charge in [0.2, 0.25) is 0 Å². The number of anilines is 2. The second kappa shape index (κ2) is 4.34. The van der Waals surface area contributed by atoms with E-state index in [9.17, 15) is 0 Å². The number of benzene rings is 1. The van der Waals surface area contributed by atoms with E-state index in [1.165, 1.54) is 0 Å². The van der Waals surface area contributed by atoms with E-state index >= 15 is 0 Å². The quantitative estimate of drug-likeness (QED) is 0.717. The van der Waals surface area contributed by atoms with E-state index in [-0.39, 0.29) is 0 Å². The van der Waals surface area contributed by atoms with Crippen LogP contribution in [0.4, 0.5) is 11.4 Å². The molecule has 0 saturated heterocycles. The average molecular weight is 247 g/mol. The molecule has 0 amide bonds. The smallest absolute Gasteiger partial charge is 0.147 e. The van der Waals surface area contributed by atoms with Crippen LogP contribution in [-0.2, 0) is 0 Å². The van der Waals surface area contributed by atoms with Crippen LogP contribution in [0.3, 0.4) is 0 Å². The lowest BCUT2D eigenvalue weighted by Crippen LogP contribution is -2.00. The van der Waals surface area contributed by atoms with E-state index in [1.807, 2.05) is 6.07 Å². The number of methoxy groups -OCH3 is 1. The standard InChI is InChI=1S/C8H11BrN2O2/c1-10-6-3-5(9)4-7(13-2)8(6)11-12/h3-4,10-12H,1-2H3. The zero-order chi connectivity index (χ0) is 9.84. The van der Waals surface area contributed by atoms with Crippen LogP contribution < -0.4 is 15.5 Å². The first-order valence-corrected chi connectivity index (χ1v) is 4.47. The topological polar surface area (TPSA) is 53.5 Å². The summed E-state index contributed by atoms with van der Waals surface area (Å²) in [6.45, 7) is 0. The number of ether oxygens (including phenoxy) is 1. The van der Waals surface area contributed by atoms with Gasteiger partial charge in [-0.25, -0.2) is 0 Å². The Balaban J connectivity index is 3.25. The molecule has 1 rings (SSSR count). The van der Waals surface area contributed by atoms with Crippen LogP contribution in [-0.4, -0.2) is 19.4 Å². The van der Waals surface area contributed by atoms with Crippen LogP contribution in [0, 0.1) is 0 Å². The number of halogens is 1. The van der Waals surface area contributed by atoms with Gasteiger partial charge in [0.1, 0.15) is 11.4 Å². The maximum atomic E-state index is 8.87. The van der Waals surface area contributed by atoms with Gasteiger partial charge in [0.15, 0.2) is 0 Å². The van der Waals surface area contributed by atoms with Crippen LogP contribution >= 0.6 is 15.9 Å². The third-order valence-electron chi connectivity index (χ3n) is 1.67. The summed E-state index contributed by atoms with van der Waals surface area (Å²) in [7, 11) is 3.31. The molecule has 13 heavy (non-hydrogen) atoms. The molecule has 3 N–H and O–H groups in total. The molecule has 0 aromatic heterocycles. The zero-order valence-corrected chi connectivity index (χ0v) is 8.97. The summed E-state index contributed by atoms with van der Waals surface area (Å²) in [5.41, 5.74) is 3.36. The molecule has 0 heterocycles. The van der Waals surface area contributed by atoms with Gasteiger partial charge in [-0.1, -0.05) is 15.9 Å². The van der Waals surface area contributed by atoms with Crippen molar-refractivity contribution in [3.8, 4) is 5.75 Å². The Labute approximate surface area is 85.0 Å². The van der Waals surface area contributed by atoms with Crippen molar-refractivity contribution in [1.29, 1.82) is 0 Å². The molecule has 0 saturated carbocycles. The van der Waals surface area contributed by atoms with Gasteiger partial charge in [-0.05, 0) is 12.1 Å². The number of nitrogens with one attached hydrogen (secondary N) is 2.